The van der Waals surface area contributed by atoms with Gasteiger partial charge in [-0.1, -0.05) is 5.92 Å². The Balaban J connectivity index is 2.67. The van der Waals surface area contributed by atoms with E-state index in [4.69, 9.17) is 5.11 Å². The fraction of sp³-hybridized carbons (Fsp3) is 0.222. The van der Waals surface area contributed by atoms with Crippen molar-refractivity contribution in [1.82, 2.24) is 10.2 Å². The molecule has 1 aromatic rings. The maximum Gasteiger partial charge on any atom is 0.315 e. The van der Waals surface area contributed by atoms with Crippen LogP contribution in [0.1, 0.15) is 17.8 Å². The van der Waals surface area contributed by atoms with Crippen molar-refractivity contribution >= 4 is 5.97 Å². The molecule has 13 heavy (non-hydrogen) atoms. The first-order valence-corrected chi connectivity index (χ1v) is 3.69. The molecule has 0 bridgehead atoms. The smallest absolute Gasteiger partial charge is 0.315 e. The molecule has 1 heterocycles. The molecule has 0 saturated carbocycles. The molecule has 0 aromatic carbocycles. The molecule has 0 atom stereocenters. The van der Waals surface area contributed by atoms with E-state index in [1.807, 2.05) is 6.92 Å². The standard InChI is InChI=1S/C9H8N2O2/c1-7-5-6-8(11-10-7)3-2-4-9(12)13/h5-6H,4H2,1H3,(H,12,13). The first kappa shape index (κ1) is 9.20. The second-order valence-corrected chi connectivity index (χ2v) is 2.43. The van der Waals surface area contributed by atoms with Gasteiger partial charge in [0.2, 0.25) is 0 Å². The predicted molar refractivity (Wildman–Crippen MR) is 45.9 cm³/mol. The SMILES string of the molecule is Cc1ccc(C#CCC(=O)O)nn1. The molecule has 0 aliphatic heterocycles. The molecule has 4 heteroatoms. The molecule has 1 aromatic heterocycles. The van der Waals surface area contributed by atoms with Crippen molar-refractivity contribution in [2.75, 3.05) is 0 Å². The summed E-state index contributed by atoms with van der Waals surface area (Å²) in [5.74, 6) is 4.13. The number of carboxylic acids is 1. The molecular formula is C9H8N2O2. The Morgan fingerprint density at radius 1 is 1.54 bits per heavy atom. The summed E-state index contributed by atoms with van der Waals surface area (Å²) < 4.78 is 0. The van der Waals surface area contributed by atoms with E-state index in [1.54, 1.807) is 12.1 Å². The van der Waals surface area contributed by atoms with Crippen molar-refractivity contribution in [1.29, 1.82) is 0 Å². The van der Waals surface area contributed by atoms with Crippen LogP contribution in [0.15, 0.2) is 12.1 Å². The van der Waals surface area contributed by atoms with Crippen molar-refractivity contribution < 1.29 is 9.90 Å². The van der Waals surface area contributed by atoms with E-state index in [2.05, 4.69) is 22.0 Å². The number of rotatable bonds is 1. The highest BCUT2D eigenvalue weighted by molar-refractivity contribution is 5.70. The monoisotopic (exact) mass is 176 g/mol. The second-order valence-electron chi connectivity index (χ2n) is 2.43. The molecule has 0 unspecified atom stereocenters. The molecule has 0 aliphatic carbocycles. The van der Waals surface area contributed by atoms with Crippen molar-refractivity contribution in [3.05, 3.63) is 23.5 Å². The second kappa shape index (κ2) is 4.21. The topological polar surface area (TPSA) is 63.1 Å². The third-order valence-electron chi connectivity index (χ3n) is 1.25. The quantitative estimate of drug-likeness (QED) is 0.637. The van der Waals surface area contributed by atoms with E-state index in [0.29, 0.717) is 5.69 Å². The average molecular weight is 176 g/mol. The third kappa shape index (κ3) is 3.34. The fourth-order valence-corrected chi connectivity index (χ4v) is 0.676. The van der Waals surface area contributed by atoms with Crippen molar-refractivity contribution in [3.8, 4) is 11.8 Å². The highest BCUT2D eigenvalue weighted by Crippen LogP contribution is 1.92. The highest BCUT2D eigenvalue weighted by Gasteiger charge is 1.91. The minimum absolute atomic E-state index is 0.171. The molecule has 1 N–H and O–H groups in total. The predicted octanol–water partition coefficient (Wildman–Crippen LogP) is 0.611. The Hall–Kier alpha value is -1.89. The van der Waals surface area contributed by atoms with Gasteiger partial charge >= 0.3 is 5.97 Å². The van der Waals surface area contributed by atoms with E-state index < -0.39 is 5.97 Å². The Kier molecular flexibility index (Phi) is 2.98. The van der Waals surface area contributed by atoms with Crippen molar-refractivity contribution in [3.63, 3.8) is 0 Å². The van der Waals surface area contributed by atoms with Crippen LogP contribution in [0.3, 0.4) is 0 Å². The lowest BCUT2D eigenvalue weighted by molar-refractivity contribution is -0.135. The summed E-state index contributed by atoms with van der Waals surface area (Å²) >= 11 is 0. The maximum atomic E-state index is 10.1. The zero-order chi connectivity index (χ0) is 9.68. The molecule has 0 radical (unpaired) electrons. The van der Waals surface area contributed by atoms with Gasteiger partial charge in [0.05, 0.1) is 5.69 Å². The molecule has 0 spiro atoms. The Labute approximate surface area is 75.6 Å². The fourth-order valence-electron chi connectivity index (χ4n) is 0.676. The summed E-state index contributed by atoms with van der Waals surface area (Å²) in [5.41, 5.74) is 1.30. The third-order valence-corrected chi connectivity index (χ3v) is 1.25. The molecule has 0 fully saturated rings. The van der Waals surface area contributed by atoms with Crippen LogP contribution < -0.4 is 0 Å². The summed E-state index contributed by atoms with van der Waals surface area (Å²) in [4.78, 5) is 10.1. The minimum Gasteiger partial charge on any atom is -0.481 e. The molecule has 66 valence electrons. The maximum absolute atomic E-state index is 10.1. The van der Waals surface area contributed by atoms with Crippen LogP contribution in [-0.2, 0) is 4.79 Å². The van der Waals surface area contributed by atoms with Crippen LogP contribution in [0.2, 0.25) is 0 Å². The highest BCUT2D eigenvalue weighted by atomic mass is 16.4. The molecule has 0 saturated heterocycles. The van der Waals surface area contributed by atoms with Crippen molar-refractivity contribution in [2.45, 2.75) is 13.3 Å². The Morgan fingerprint density at radius 2 is 2.31 bits per heavy atom. The van der Waals surface area contributed by atoms with E-state index in [0.717, 1.165) is 5.69 Å². The van der Waals surface area contributed by atoms with Crippen LogP contribution in [0, 0.1) is 18.8 Å². The van der Waals surface area contributed by atoms with Crippen LogP contribution in [0.25, 0.3) is 0 Å². The van der Waals surface area contributed by atoms with Gasteiger partial charge in [0.1, 0.15) is 12.1 Å². The van der Waals surface area contributed by atoms with Gasteiger partial charge in [-0.25, -0.2) is 0 Å². The lowest BCUT2D eigenvalue weighted by atomic mass is 10.3. The number of carboxylic acid groups (broad SMARTS) is 1. The number of hydrogen-bond donors (Lipinski definition) is 1. The van der Waals surface area contributed by atoms with Crippen LogP contribution in [0.4, 0.5) is 0 Å². The van der Waals surface area contributed by atoms with E-state index >= 15 is 0 Å². The first-order chi connectivity index (χ1) is 6.18. The molecule has 1 rings (SSSR count). The number of aryl methyl sites for hydroxylation is 1. The number of aliphatic carboxylic acids is 1. The summed E-state index contributed by atoms with van der Waals surface area (Å²) in [5, 5.41) is 15.8. The Morgan fingerprint density at radius 3 is 2.85 bits per heavy atom. The van der Waals surface area contributed by atoms with E-state index in [1.165, 1.54) is 0 Å². The van der Waals surface area contributed by atoms with Gasteiger partial charge in [-0.2, -0.15) is 5.10 Å². The van der Waals surface area contributed by atoms with Gasteiger partial charge in [-0.3, -0.25) is 4.79 Å². The van der Waals surface area contributed by atoms with E-state index in [-0.39, 0.29) is 6.42 Å². The number of carbonyl (C=O) groups is 1. The molecule has 0 aliphatic rings. The lowest BCUT2D eigenvalue weighted by Crippen LogP contribution is -1.92. The Bertz CT molecular complexity index is 359. The number of aromatic nitrogens is 2. The van der Waals surface area contributed by atoms with Gasteiger partial charge in [0, 0.05) is 0 Å². The average Bonchev–Trinajstić information content (AvgIpc) is 2.08. The lowest BCUT2D eigenvalue weighted by Gasteiger charge is -1.88. The van der Waals surface area contributed by atoms with Crippen molar-refractivity contribution in [2.24, 2.45) is 0 Å². The zero-order valence-electron chi connectivity index (χ0n) is 7.11. The van der Waals surface area contributed by atoms with Crippen LogP contribution in [-0.4, -0.2) is 21.3 Å². The number of hydrogen-bond acceptors (Lipinski definition) is 3. The number of nitrogens with zero attached hydrogens (tertiary/aromatic N) is 2. The summed E-state index contributed by atoms with van der Waals surface area (Å²) in [6.07, 6.45) is -0.171. The summed E-state index contributed by atoms with van der Waals surface area (Å²) in [7, 11) is 0. The van der Waals surface area contributed by atoms with E-state index in [9.17, 15) is 4.79 Å². The normalized spacial score (nSPS) is 8.69. The van der Waals surface area contributed by atoms with Gasteiger partial charge in [-0.05, 0) is 25.0 Å². The van der Waals surface area contributed by atoms with Gasteiger partial charge in [0.15, 0.2) is 0 Å². The van der Waals surface area contributed by atoms with Gasteiger partial charge in [-0.15, -0.1) is 5.10 Å². The minimum atomic E-state index is -0.937. The molecule has 0 amide bonds. The van der Waals surface area contributed by atoms with Gasteiger partial charge < -0.3 is 5.11 Å². The summed E-state index contributed by atoms with van der Waals surface area (Å²) in [6.45, 7) is 1.82. The van der Waals surface area contributed by atoms with Crippen LogP contribution in [0.5, 0.6) is 0 Å². The first-order valence-electron chi connectivity index (χ1n) is 3.69. The summed E-state index contributed by atoms with van der Waals surface area (Å²) in [6, 6.07) is 3.48. The van der Waals surface area contributed by atoms with Gasteiger partial charge in [0.25, 0.3) is 0 Å². The van der Waals surface area contributed by atoms with Crippen LogP contribution >= 0.6 is 0 Å². The molecular weight excluding hydrogens is 168 g/mol. The zero-order valence-corrected chi connectivity index (χ0v) is 7.11. The molecule has 4 nitrogen and oxygen atoms in total. The largest absolute Gasteiger partial charge is 0.481 e.